The van der Waals surface area contributed by atoms with E-state index in [1.807, 2.05) is 11.8 Å². The second-order valence-corrected chi connectivity index (χ2v) is 5.07. The van der Waals surface area contributed by atoms with Crippen LogP contribution in [0.5, 0.6) is 0 Å². The zero-order valence-corrected chi connectivity index (χ0v) is 9.01. The molecule has 2 atom stereocenters. The molecule has 1 saturated heterocycles. The number of aliphatic carboxylic acids is 1. The maximum absolute atomic E-state index is 10.7. The summed E-state index contributed by atoms with van der Waals surface area (Å²) in [6.45, 7) is 5.80. The minimum Gasteiger partial charge on any atom is -0.480 e. The fourth-order valence-corrected chi connectivity index (χ4v) is 2.47. The van der Waals surface area contributed by atoms with Gasteiger partial charge in [0.05, 0.1) is 0 Å². The molecule has 1 heterocycles. The van der Waals surface area contributed by atoms with Crippen LogP contribution in [0.25, 0.3) is 0 Å². The highest BCUT2D eigenvalue weighted by atomic mass is 32.2. The van der Waals surface area contributed by atoms with Crippen LogP contribution < -0.4 is 0 Å². The number of hydrogen-bond acceptors (Lipinski definition) is 3. The molecule has 1 aliphatic rings. The Labute approximate surface area is 83.5 Å². The summed E-state index contributed by atoms with van der Waals surface area (Å²) in [7, 11) is 0. The number of carboxylic acid groups (broad SMARTS) is 1. The van der Waals surface area contributed by atoms with Gasteiger partial charge >= 0.3 is 5.97 Å². The first-order valence-electron chi connectivity index (χ1n) is 4.69. The second kappa shape index (κ2) is 4.86. The Morgan fingerprint density at radius 3 is 2.92 bits per heavy atom. The molecule has 1 aliphatic heterocycles. The van der Waals surface area contributed by atoms with Crippen LogP contribution in [0, 0.1) is 0 Å². The molecule has 0 amide bonds. The van der Waals surface area contributed by atoms with Crippen molar-refractivity contribution in [2.45, 2.75) is 31.6 Å². The van der Waals surface area contributed by atoms with E-state index in [0.717, 1.165) is 25.3 Å². The van der Waals surface area contributed by atoms with Crippen LogP contribution in [0.15, 0.2) is 0 Å². The molecular formula is C9H17NO2S. The van der Waals surface area contributed by atoms with Gasteiger partial charge in [-0.25, -0.2) is 0 Å². The van der Waals surface area contributed by atoms with Gasteiger partial charge in [-0.1, -0.05) is 6.92 Å². The van der Waals surface area contributed by atoms with E-state index in [2.05, 4.69) is 11.8 Å². The molecule has 2 unspecified atom stereocenters. The van der Waals surface area contributed by atoms with Gasteiger partial charge in [0.1, 0.15) is 6.04 Å². The van der Waals surface area contributed by atoms with Crippen molar-refractivity contribution >= 4 is 17.7 Å². The average Bonchev–Trinajstić information content (AvgIpc) is 2.28. The Kier molecular flexibility index (Phi) is 4.06. The summed E-state index contributed by atoms with van der Waals surface area (Å²) in [6, 6.07) is -0.328. The number of rotatable bonds is 2. The van der Waals surface area contributed by atoms with Crippen molar-refractivity contribution < 1.29 is 9.90 Å². The molecule has 0 bridgehead atoms. The Balaban J connectivity index is 2.46. The molecule has 0 aromatic carbocycles. The maximum atomic E-state index is 10.7. The van der Waals surface area contributed by atoms with Crippen LogP contribution in [0.3, 0.4) is 0 Å². The van der Waals surface area contributed by atoms with E-state index in [4.69, 9.17) is 5.11 Å². The van der Waals surface area contributed by atoms with Gasteiger partial charge in [0.15, 0.2) is 0 Å². The Hall–Kier alpha value is -0.220. The van der Waals surface area contributed by atoms with Crippen LogP contribution in [-0.2, 0) is 4.79 Å². The number of carboxylic acids is 1. The SMILES string of the molecule is CC1CCN(C(C)C(=O)O)CCS1. The first-order chi connectivity index (χ1) is 6.11. The van der Waals surface area contributed by atoms with Gasteiger partial charge < -0.3 is 5.11 Å². The minimum absolute atomic E-state index is 0.328. The van der Waals surface area contributed by atoms with Gasteiger partial charge in [0, 0.05) is 24.1 Å². The lowest BCUT2D eigenvalue weighted by Crippen LogP contribution is -2.40. The first kappa shape index (κ1) is 10.9. The molecule has 0 spiro atoms. The van der Waals surface area contributed by atoms with E-state index >= 15 is 0 Å². The molecule has 1 rings (SSSR count). The largest absolute Gasteiger partial charge is 0.480 e. The average molecular weight is 203 g/mol. The predicted octanol–water partition coefficient (Wildman–Crippen LogP) is 1.29. The number of carbonyl (C=O) groups is 1. The number of hydrogen-bond donors (Lipinski definition) is 1. The third-order valence-corrected chi connectivity index (χ3v) is 3.73. The van der Waals surface area contributed by atoms with E-state index in [-0.39, 0.29) is 6.04 Å². The van der Waals surface area contributed by atoms with Crippen molar-refractivity contribution in [1.82, 2.24) is 4.90 Å². The topological polar surface area (TPSA) is 40.5 Å². The zero-order chi connectivity index (χ0) is 9.84. The molecule has 0 aliphatic carbocycles. The van der Waals surface area contributed by atoms with Gasteiger partial charge in [-0.15, -0.1) is 0 Å². The smallest absolute Gasteiger partial charge is 0.320 e. The highest BCUT2D eigenvalue weighted by molar-refractivity contribution is 7.99. The van der Waals surface area contributed by atoms with Crippen molar-refractivity contribution in [3.05, 3.63) is 0 Å². The van der Waals surface area contributed by atoms with E-state index in [0.29, 0.717) is 5.25 Å². The highest BCUT2D eigenvalue weighted by Gasteiger charge is 2.22. The van der Waals surface area contributed by atoms with Crippen LogP contribution in [0.1, 0.15) is 20.3 Å². The van der Waals surface area contributed by atoms with Crippen LogP contribution >= 0.6 is 11.8 Å². The summed E-state index contributed by atoms with van der Waals surface area (Å²) in [5.74, 6) is 0.346. The third kappa shape index (κ3) is 3.19. The van der Waals surface area contributed by atoms with Crippen molar-refractivity contribution in [3.63, 3.8) is 0 Å². The molecule has 0 aromatic heterocycles. The van der Waals surface area contributed by atoms with E-state index in [1.165, 1.54) is 0 Å². The fourth-order valence-electron chi connectivity index (χ4n) is 1.46. The quantitative estimate of drug-likeness (QED) is 0.734. The van der Waals surface area contributed by atoms with Crippen molar-refractivity contribution in [3.8, 4) is 0 Å². The Morgan fingerprint density at radius 2 is 2.31 bits per heavy atom. The summed E-state index contributed by atoms with van der Waals surface area (Å²) in [4.78, 5) is 12.8. The summed E-state index contributed by atoms with van der Waals surface area (Å²) in [5, 5.41) is 9.52. The number of thioether (sulfide) groups is 1. The lowest BCUT2D eigenvalue weighted by molar-refractivity contribution is -0.142. The fraction of sp³-hybridized carbons (Fsp3) is 0.889. The molecule has 3 nitrogen and oxygen atoms in total. The van der Waals surface area contributed by atoms with Crippen LogP contribution in [0.2, 0.25) is 0 Å². The lowest BCUT2D eigenvalue weighted by Gasteiger charge is -2.23. The van der Waals surface area contributed by atoms with E-state index < -0.39 is 5.97 Å². The lowest BCUT2D eigenvalue weighted by atomic mass is 10.2. The standard InChI is InChI=1S/C9H17NO2S/c1-7-3-4-10(5-6-13-7)8(2)9(11)12/h7-8H,3-6H2,1-2H3,(H,11,12). The molecule has 76 valence electrons. The summed E-state index contributed by atoms with van der Waals surface area (Å²) < 4.78 is 0. The minimum atomic E-state index is -0.709. The third-order valence-electron chi connectivity index (χ3n) is 2.51. The van der Waals surface area contributed by atoms with Gasteiger partial charge in [0.2, 0.25) is 0 Å². The van der Waals surface area contributed by atoms with Crippen LogP contribution in [-0.4, -0.2) is 46.1 Å². The summed E-state index contributed by atoms with van der Waals surface area (Å²) in [6.07, 6.45) is 1.10. The second-order valence-electron chi connectivity index (χ2n) is 3.52. The zero-order valence-electron chi connectivity index (χ0n) is 8.19. The molecule has 1 fully saturated rings. The van der Waals surface area contributed by atoms with Crippen molar-refractivity contribution in [2.24, 2.45) is 0 Å². The van der Waals surface area contributed by atoms with Crippen LogP contribution in [0.4, 0.5) is 0 Å². The van der Waals surface area contributed by atoms with Gasteiger partial charge in [-0.2, -0.15) is 11.8 Å². The molecule has 0 radical (unpaired) electrons. The summed E-state index contributed by atoms with van der Waals surface area (Å²) >= 11 is 1.94. The molecule has 0 saturated carbocycles. The highest BCUT2D eigenvalue weighted by Crippen LogP contribution is 2.19. The normalized spacial score (nSPS) is 28.0. The number of nitrogens with zero attached hydrogens (tertiary/aromatic N) is 1. The molecule has 4 heteroatoms. The van der Waals surface area contributed by atoms with E-state index in [1.54, 1.807) is 6.92 Å². The van der Waals surface area contributed by atoms with E-state index in [9.17, 15) is 4.79 Å². The van der Waals surface area contributed by atoms with Gasteiger partial charge in [0.25, 0.3) is 0 Å². The van der Waals surface area contributed by atoms with Gasteiger partial charge in [-0.05, 0) is 13.3 Å². The van der Waals surface area contributed by atoms with Crippen molar-refractivity contribution in [1.29, 1.82) is 0 Å². The summed E-state index contributed by atoms with van der Waals surface area (Å²) in [5.41, 5.74) is 0. The molecule has 0 aromatic rings. The Morgan fingerprint density at radius 1 is 1.62 bits per heavy atom. The Bertz CT molecular complexity index is 186. The predicted molar refractivity (Wildman–Crippen MR) is 55.2 cm³/mol. The first-order valence-corrected chi connectivity index (χ1v) is 5.74. The molecule has 1 N–H and O–H groups in total. The molecular weight excluding hydrogens is 186 g/mol. The maximum Gasteiger partial charge on any atom is 0.320 e. The monoisotopic (exact) mass is 203 g/mol. The van der Waals surface area contributed by atoms with Gasteiger partial charge in [-0.3, -0.25) is 9.69 Å². The van der Waals surface area contributed by atoms with Crippen molar-refractivity contribution in [2.75, 3.05) is 18.8 Å². The molecule has 13 heavy (non-hydrogen) atoms.